The smallest absolute Gasteiger partial charge is 0.253 e. The maximum absolute atomic E-state index is 13.1. The number of hydrogen-bond acceptors (Lipinski definition) is 4. The Kier molecular flexibility index (Phi) is 3.98. The number of aromatic amines is 1. The Balaban J connectivity index is 1.77. The van der Waals surface area contributed by atoms with Crippen molar-refractivity contribution in [1.82, 2.24) is 20.2 Å². The van der Waals surface area contributed by atoms with Gasteiger partial charge in [-0.1, -0.05) is 34.2 Å². The first-order valence-corrected chi connectivity index (χ1v) is 10.4. The van der Waals surface area contributed by atoms with Gasteiger partial charge in [0.1, 0.15) is 5.82 Å². The van der Waals surface area contributed by atoms with Crippen LogP contribution in [-0.2, 0) is 4.79 Å². The fourth-order valence-electron chi connectivity index (χ4n) is 4.31. The summed E-state index contributed by atoms with van der Waals surface area (Å²) in [6, 6.07) is 4.28. The van der Waals surface area contributed by atoms with E-state index >= 15 is 0 Å². The van der Waals surface area contributed by atoms with E-state index in [0.29, 0.717) is 16.9 Å². The van der Waals surface area contributed by atoms with Crippen LogP contribution in [-0.4, -0.2) is 44.8 Å². The van der Waals surface area contributed by atoms with E-state index in [9.17, 15) is 4.79 Å². The highest BCUT2D eigenvalue weighted by molar-refractivity contribution is 9.10. The molecule has 0 unspecified atom stereocenters. The van der Waals surface area contributed by atoms with E-state index < -0.39 is 0 Å². The van der Waals surface area contributed by atoms with E-state index in [-0.39, 0.29) is 11.9 Å². The van der Waals surface area contributed by atoms with Gasteiger partial charge in [0.05, 0.1) is 22.2 Å². The van der Waals surface area contributed by atoms with Crippen molar-refractivity contribution in [2.45, 2.75) is 32.2 Å². The number of aryl methyl sites for hydroxylation is 1. The van der Waals surface area contributed by atoms with Crippen LogP contribution in [0.1, 0.15) is 30.7 Å². The van der Waals surface area contributed by atoms with Gasteiger partial charge in [-0.25, -0.2) is 4.98 Å². The average molecular weight is 443 g/mol. The Labute approximate surface area is 171 Å². The number of nitrogens with zero attached hydrogens (tertiary/aromatic N) is 2. The third-order valence-electron chi connectivity index (χ3n) is 5.66. The van der Waals surface area contributed by atoms with Gasteiger partial charge >= 0.3 is 0 Å². The topological polar surface area (TPSA) is 61.0 Å². The van der Waals surface area contributed by atoms with Crippen molar-refractivity contribution in [1.29, 1.82) is 0 Å². The normalized spacial score (nSPS) is 20.5. The Morgan fingerprint density at radius 1 is 1.26 bits per heavy atom. The van der Waals surface area contributed by atoms with E-state index in [1.54, 1.807) is 0 Å². The average Bonchev–Trinajstić information content (AvgIpc) is 3.07. The Morgan fingerprint density at radius 2 is 2.04 bits per heavy atom. The molecule has 1 aliphatic carbocycles. The first-order chi connectivity index (χ1) is 13.0. The van der Waals surface area contributed by atoms with Gasteiger partial charge in [-0.15, -0.1) is 0 Å². The van der Waals surface area contributed by atoms with E-state index in [0.717, 1.165) is 64.1 Å². The molecule has 4 heterocycles. The van der Waals surface area contributed by atoms with Crippen LogP contribution in [0.4, 0.5) is 0 Å². The summed E-state index contributed by atoms with van der Waals surface area (Å²) in [7, 11) is 0. The molecule has 1 saturated heterocycles. The minimum atomic E-state index is -0.0623. The van der Waals surface area contributed by atoms with Gasteiger partial charge < -0.3 is 15.2 Å². The van der Waals surface area contributed by atoms with Crippen LogP contribution in [0.25, 0.3) is 16.6 Å². The monoisotopic (exact) mass is 442 g/mol. The molecule has 2 N–H and O–H groups in total. The maximum Gasteiger partial charge on any atom is 0.253 e. The molecule has 4 bridgehead atoms. The van der Waals surface area contributed by atoms with Crippen molar-refractivity contribution >= 4 is 55.5 Å². The molecule has 1 aromatic carbocycles. The number of thiocarbonyl (C=S) groups is 1. The van der Waals surface area contributed by atoms with Gasteiger partial charge in [-0.3, -0.25) is 4.79 Å². The van der Waals surface area contributed by atoms with Crippen molar-refractivity contribution in [2.75, 3.05) is 13.1 Å². The summed E-state index contributed by atoms with van der Waals surface area (Å²) in [6.07, 6.45) is 4.71. The molecule has 7 heteroatoms. The highest BCUT2D eigenvalue weighted by Crippen LogP contribution is 2.37. The number of nitrogens with one attached hydrogen (secondary N) is 2. The maximum atomic E-state index is 13.1. The summed E-state index contributed by atoms with van der Waals surface area (Å²) in [5.74, 6) is 0.655. The van der Waals surface area contributed by atoms with E-state index in [4.69, 9.17) is 17.2 Å². The van der Waals surface area contributed by atoms with Crippen LogP contribution in [0.3, 0.4) is 0 Å². The summed E-state index contributed by atoms with van der Waals surface area (Å²) >= 11 is 9.16. The molecule has 5 nitrogen and oxygen atoms in total. The molecule has 1 fully saturated rings. The molecular weight excluding hydrogens is 424 g/mol. The predicted octanol–water partition coefficient (Wildman–Crippen LogP) is 3.64. The minimum Gasteiger partial charge on any atom is -0.371 e. The molecular formula is C20H19BrN4OS. The van der Waals surface area contributed by atoms with E-state index in [1.807, 2.05) is 6.07 Å². The fraction of sp³-hybridized carbons (Fsp3) is 0.350. The minimum absolute atomic E-state index is 0.0623. The van der Waals surface area contributed by atoms with E-state index in [2.05, 4.69) is 50.2 Å². The lowest BCUT2D eigenvalue weighted by Gasteiger charge is -2.35. The molecule has 2 aromatic rings. The lowest BCUT2D eigenvalue weighted by molar-refractivity contribution is -0.117. The number of H-pyrrole nitrogens is 1. The van der Waals surface area contributed by atoms with Crippen LogP contribution < -0.4 is 5.32 Å². The van der Waals surface area contributed by atoms with Crippen LogP contribution in [0.15, 0.2) is 34.0 Å². The van der Waals surface area contributed by atoms with Crippen molar-refractivity contribution in [3.8, 4) is 0 Å². The number of rotatable bonds is 1. The summed E-state index contributed by atoms with van der Waals surface area (Å²) < 4.78 is 0.993. The van der Waals surface area contributed by atoms with Crippen LogP contribution >= 0.6 is 28.1 Å². The molecule has 0 atom stereocenters. The number of aromatic nitrogens is 2. The summed E-state index contributed by atoms with van der Waals surface area (Å²) in [5.41, 5.74) is 5.53. The summed E-state index contributed by atoms with van der Waals surface area (Å²) in [6.45, 7) is 3.93. The number of hydrogen-bond donors (Lipinski definition) is 2. The Bertz CT molecular complexity index is 1060. The lowest BCUT2D eigenvalue weighted by atomic mass is 9.92. The molecule has 0 radical (unpaired) electrons. The zero-order chi connectivity index (χ0) is 18.7. The molecule has 4 aliphatic rings. The second-order valence-corrected chi connectivity index (χ2v) is 8.81. The highest BCUT2D eigenvalue weighted by Gasteiger charge is 2.35. The summed E-state index contributed by atoms with van der Waals surface area (Å²) in [5, 5.41) is 3.20. The van der Waals surface area contributed by atoms with Gasteiger partial charge in [0.25, 0.3) is 5.91 Å². The number of amides is 1. The van der Waals surface area contributed by atoms with Crippen molar-refractivity contribution in [3.05, 3.63) is 45.3 Å². The highest BCUT2D eigenvalue weighted by atomic mass is 79.9. The molecule has 0 saturated carbocycles. The summed E-state index contributed by atoms with van der Waals surface area (Å²) in [4.78, 5) is 24.5. The lowest BCUT2D eigenvalue weighted by Crippen LogP contribution is -2.43. The largest absolute Gasteiger partial charge is 0.371 e. The quantitative estimate of drug-likeness (QED) is 0.661. The first-order valence-electron chi connectivity index (χ1n) is 9.21. The third kappa shape index (κ3) is 2.75. The predicted molar refractivity (Wildman–Crippen MR) is 113 cm³/mol. The molecule has 1 amide bonds. The second kappa shape index (κ2) is 6.27. The van der Waals surface area contributed by atoms with Gasteiger partial charge in [-0.05, 0) is 37.5 Å². The van der Waals surface area contributed by atoms with Gasteiger partial charge in [-0.2, -0.15) is 0 Å². The van der Waals surface area contributed by atoms with Crippen LogP contribution in [0.5, 0.6) is 0 Å². The van der Waals surface area contributed by atoms with Crippen molar-refractivity contribution in [3.63, 3.8) is 0 Å². The number of benzene rings is 1. The number of piperidine rings is 1. The number of imidazole rings is 1. The Hall–Kier alpha value is -1.99. The zero-order valence-electron chi connectivity index (χ0n) is 14.9. The van der Waals surface area contributed by atoms with Gasteiger partial charge in [0.2, 0.25) is 0 Å². The number of allylic oxidation sites excluding steroid dienone is 2. The van der Waals surface area contributed by atoms with Gasteiger partial charge in [0, 0.05) is 40.6 Å². The molecule has 6 rings (SSSR count). The molecule has 138 valence electrons. The number of fused-ring (bicyclic) bond motifs is 4. The van der Waals surface area contributed by atoms with E-state index in [1.165, 1.54) is 0 Å². The number of carbonyl (C=O) groups is 1. The second-order valence-electron chi connectivity index (χ2n) is 7.40. The molecule has 1 aromatic heterocycles. The Morgan fingerprint density at radius 3 is 2.81 bits per heavy atom. The zero-order valence-corrected chi connectivity index (χ0v) is 17.3. The van der Waals surface area contributed by atoms with Crippen molar-refractivity contribution in [2.24, 2.45) is 0 Å². The SMILES string of the molecule is Cc1cc(Br)cc2nc(C3=C4C(=O)NC5CCN(CC5)C3=CCC4=S)[nH]c12. The number of halogens is 1. The van der Waals surface area contributed by atoms with Crippen LogP contribution in [0.2, 0.25) is 0 Å². The van der Waals surface area contributed by atoms with Gasteiger partial charge in [0.15, 0.2) is 0 Å². The molecule has 0 spiro atoms. The van der Waals surface area contributed by atoms with Crippen LogP contribution in [0, 0.1) is 6.92 Å². The van der Waals surface area contributed by atoms with Crippen molar-refractivity contribution < 1.29 is 4.79 Å². The third-order valence-corrected chi connectivity index (χ3v) is 6.48. The number of carbonyl (C=O) groups excluding carboxylic acids is 1. The molecule has 27 heavy (non-hydrogen) atoms. The molecule has 3 aliphatic heterocycles. The first kappa shape index (κ1) is 17.1. The standard InChI is InChI=1S/C20H19BrN4OS/c1-10-8-11(21)9-13-18(10)24-19(23-13)16-14-2-3-15(27)17(16)20(26)22-12-4-6-25(14)7-5-12/h2,8-9,12H,3-7H2,1H3,(H,22,26)(H,23,24). The fourth-order valence-corrected chi connectivity index (χ4v) is 5.15.